The lowest BCUT2D eigenvalue weighted by atomic mass is 10.1. The smallest absolute Gasteiger partial charge is 0.298 e. The van der Waals surface area contributed by atoms with Crippen LogP contribution >= 0.6 is 24.0 Å². The second kappa shape index (κ2) is 5.34. The minimum atomic E-state index is 0. The summed E-state index contributed by atoms with van der Waals surface area (Å²) >= 11 is 5.91. The van der Waals surface area contributed by atoms with Crippen molar-refractivity contribution < 1.29 is 4.42 Å². The van der Waals surface area contributed by atoms with Gasteiger partial charge in [-0.05, 0) is 25.0 Å². The standard InChI is InChI=1S/C12H14ClN3O.ClH/c13-8-1-2-10-11(7-8)17-12(15-10)16-5-3-9(14)4-6-16;/h1-2,7,9H,3-6,14H2;1H. The second-order valence-corrected chi connectivity index (χ2v) is 4.87. The summed E-state index contributed by atoms with van der Waals surface area (Å²) in [6, 6.07) is 6.48. The number of piperidine rings is 1. The van der Waals surface area contributed by atoms with Crippen molar-refractivity contribution in [1.82, 2.24) is 4.98 Å². The minimum Gasteiger partial charge on any atom is -0.423 e. The number of oxazole rings is 1. The van der Waals surface area contributed by atoms with Crippen LogP contribution in [0.2, 0.25) is 5.02 Å². The second-order valence-electron chi connectivity index (χ2n) is 4.43. The van der Waals surface area contributed by atoms with Gasteiger partial charge in [-0.25, -0.2) is 0 Å². The lowest BCUT2D eigenvalue weighted by molar-refractivity contribution is 0.466. The van der Waals surface area contributed by atoms with Gasteiger partial charge in [0.2, 0.25) is 0 Å². The molecular formula is C12H15Cl2N3O. The lowest BCUT2D eigenvalue weighted by Crippen LogP contribution is -2.39. The summed E-state index contributed by atoms with van der Waals surface area (Å²) in [5, 5.41) is 0.667. The molecule has 98 valence electrons. The van der Waals surface area contributed by atoms with Crippen molar-refractivity contribution in [3.05, 3.63) is 23.2 Å². The molecule has 0 saturated carbocycles. The van der Waals surface area contributed by atoms with Gasteiger partial charge in [0, 0.05) is 30.2 Å². The van der Waals surface area contributed by atoms with Crippen molar-refractivity contribution in [3.8, 4) is 0 Å². The molecule has 1 aliphatic heterocycles. The Hall–Kier alpha value is -0.970. The first-order valence-electron chi connectivity index (χ1n) is 5.79. The molecule has 2 aromatic rings. The van der Waals surface area contributed by atoms with E-state index in [2.05, 4.69) is 9.88 Å². The maximum absolute atomic E-state index is 5.91. The Morgan fingerprint density at radius 3 is 2.78 bits per heavy atom. The lowest BCUT2D eigenvalue weighted by Gasteiger charge is -2.28. The van der Waals surface area contributed by atoms with E-state index in [9.17, 15) is 0 Å². The SMILES string of the molecule is Cl.NC1CCN(c2nc3ccc(Cl)cc3o2)CC1. The fraction of sp³-hybridized carbons (Fsp3) is 0.417. The topological polar surface area (TPSA) is 55.3 Å². The summed E-state index contributed by atoms with van der Waals surface area (Å²) in [5.41, 5.74) is 7.46. The summed E-state index contributed by atoms with van der Waals surface area (Å²) in [6.07, 6.45) is 1.97. The van der Waals surface area contributed by atoms with Crippen molar-refractivity contribution in [2.75, 3.05) is 18.0 Å². The number of nitrogens with zero attached hydrogens (tertiary/aromatic N) is 2. The molecule has 18 heavy (non-hydrogen) atoms. The molecule has 0 unspecified atom stereocenters. The fourth-order valence-electron chi connectivity index (χ4n) is 2.11. The maximum atomic E-state index is 5.91. The van der Waals surface area contributed by atoms with Gasteiger partial charge in [0.15, 0.2) is 5.58 Å². The van der Waals surface area contributed by atoms with Crippen LogP contribution in [0.3, 0.4) is 0 Å². The zero-order valence-corrected chi connectivity index (χ0v) is 11.4. The van der Waals surface area contributed by atoms with Crippen LogP contribution in [-0.4, -0.2) is 24.1 Å². The normalized spacial score (nSPS) is 16.9. The number of hydrogen-bond donors (Lipinski definition) is 1. The molecule has 3 rings (SSSR count). The molecule has 0 amide bonds. The van der Waals surface area contributed by atoms with Crippen LogP contribution in [0.25, 0.3) is 11.1 Å². The highest BCUT2D eigenvalue weighted by molar-refractivity contribution is 6.31. The van der Waals surface area contributed by atoms with Gasteiger partial charge in [-0.2, -0.15) is 4.98 Å². The Morgan fingerprint density at radius 1 is 1.33 bits per heavy atom. The van der Waals surface area contributed by atoms with E-state index >= 15 is 0 Å². The van der Waals surface area contributed by atoms with E-state index in [-0.39, 0.29) is 12.4 Å². The minimum absolute atomic E-state index is 0. The van der Waals surface area contributed by atoms with E-state index < -0.39 is 0 Å². The third-order valence-electron chi connectivity index (χ3n) is 3.15. The molecule has 0 bridgehead atoms. The van der Waals surface area contributed by atoms with Crippen molar-refractivity contribution >= 4 is 41.1 Å². The Morgan fingerprint density at radius 2 is 2.06 bits per heavy atom. The zero-order chi connectivity index (χ0) is 11.8. The molecular weight excluding hydrogens is 273 g/mol. The number of fused-ring (bicyclic) bond motifs is 1. The summed E-state index contributed by atoms with van der Waals surface area (Å²) in [4.78, 5) is 6.60. The van der Waals surface area contributed by atoms with Crippen molar-refractivity contribution in [2.45, 2.75) is 18.9 Å². The molecule has 0 radical (unpaired) electrons. The molecule has 1 aromatic carbocycles. The molecule has 1 fully saturated rings. The first-order valence-corrected chi connectivity index (χ1v) is 6.17. The van der Waals surface area contributed by atoms with Gasteiger partial charge in [-0.1, -0.05) is 11.6 Å². The van der Waals surface area contributed by atoms with Crippen molar-refractivity contribution in [1.29, 1.82) is 0 Å². The molecule has 2 heterocycles. The molecule has 0 atom stereocenters. The highest BCUT2D eigenvalue weighted by atomic mass is 35.5. The van der Waals surface area contributed by atoms with Gasteiger partial charge in [0.25, 0.3) is 6.01 Å². The summed E-state index contributed by atoms with van der Waals surface area (Å²) in [5.74, 6) is 0. The van der Waals surface area contributed by atoms with Crippen molar-refractivity contribution in [3.63, 3.8) is 0 Å². The number of benzene rings is 1. The molecule has 1 aliphatic rings. The number of rotatable bonds is 1. The monoisotopic (exact) mass is 287 g/mol. The fourth-order valence-corrected chi connectivity index (χ4v) is 2.27. The summed E-state index contributed by atoms with van der Waals surface area (Å²) in [7, 11) is 0. The number of hydrogen-bond acceptors (Lipinski definition) is 4. The first kappa shape index (κ1) is 13.5. The number of anilines is 1. The van der Waals surface area contributed by atoms with Gasteiger partial charge in [-0.3, -0.25) is 0 Å². The van der Waals surface area contributed by atoms with Crippen LogP contribution in [0.15, 0.2) is 22.6 Å². The van der Waals surface area contributed by atoms with E-state index in [1.807, 2.05) is 12.1 Å². The van der Waals surface area contributed by atoms with Crippen LogP contribution in [0.5, 0.6) is 0 Å². The largest absolute Gasteiger partial charge is 0.423 e. The third kappa shape index (κ3) is 2.55. The van der Waals surface area contributed by atoms with Crippen LogP contribution < -0.4 is 10.6 Å². The molecule has 0 aliphatic carbocycles. The van der Waals surface area contributed by atoms with E-state index in [4.69, 9.17) is 21.8 Å². The predicted molar refractivity (Wildman–Crippen MR) is 75.7 cm³/mol. The molecule has 6 heteroatoms. The zero-order valence-electron chi connectivity index (χ0n) is 9.80. The summed E-state index contributed by atoms with van der Waals surface area (Å²) < 4.78 is 5.71. The quantitative estimate of drug-likeness (QED) is 0.876. The average molecular weight is 288 g/mol. The van der Waals surface area contributed by atoms with Gasteiger partial charge >= 0.3 is 0 Å². The number of aromatic nitrogens is 1. The molecule has 1 saturated heterocycles. The van der Waals surface area contributed by atoms with Crippen LogP contribution in [0, 0.1) is 0 Å². The van der Waals surface area contributed by atoms with Gasteiger partial charge in [-0.15, -0.1) is 12.4 Å². The van der Waals surface area contributed by atoms with Crippen molar-refractivity contribution in [2.24, 2.45) is 5.73 Å². The maximum Gasteiger partial charge on any atom is 0.298 e. The van der Waals surface area contributed by atoms with Crippen LogP contribution in [-0.2, 0) is 0 Å². The van der Waals surface area contributed by atoms with Gasteiger partial charge < -0.3 is 15.1 Å². The molecule has 2 N–H and O–H groups in total. The highest BCUT2D eigenvalue weighted by Crippen LogP contribution is 2.26. The van der Waals surface area contributed by atoms with Crippen LogP contribution in [0.4, 0.5) is 6.01 Å². The molecule has 1 aromatic heterocycles. The molecule has 4 nitrogen and oxygen atoms in total. The van der Waals surface area contributed by atoms with E-state index in [1.54, 1.807) is 6.07 Å². The van der Waals surface area contributed by atoms with E-state index in [0.717, 1.165) is 37.0 Å². The van der Waals surface area contributed by atoms with E-state index in [1.165, 1.54) is 0 Å². The summed E-state index contributed by atoms with van der Waals surface area (Å²) in [6.45, 7) is 1.81. The highest BCUT2D eigenvalue weighted by Gasteiger charge is 2.20. The third-order valence-corrected chi connectivity index (χ3v) is 3.38. The first-order chi connectivity index (χ1) is 8.22. The number of nitrogens with two attached hydrogens (primary N) is 1. The van der Waals surface area contributed by atoms with Gasteiger partial charge in [0.05, 0.1) is 0 Å². The molecule has 0 spiro atoms. The Kier molecular flexibility index (Phi) is 4.00. The Labute approximate surface area is 117 Å². The average Bonchev–Trinajstić information content (AvgIpc) is 2.72. The predicted octanol–water partition coefficient (Wildman–Crippen LogP) is 2.83. The Bertz CT molecular complexity index is 535. The van der Waals surface area contributed by atoms with Crippen LogP contribution in [0.1, 0.15) is 12.8 Å². The Balaban J connectivity index is 0.00000120. The number of halogens is 2. The van der Waals surface area contributed by atoms with Gasteiger partial charge in [0.1, 0.15) is 5.52 Å². The van der Waals surface area contributed by atoms with E-state index in [0.29, 0.717) is 17.1 Å².